The summed E-state index contributed by atoms with van der Waals surface area (Å²) in [4.78, 5) is 28.5. The Morgan fingerprint density at radius 3 is 2.22 bits per heavy atom. The van der Waals surface area contributed by atoms with E-state index in [1.807, 2.05) is 18.2 Å². The zero-order chi connectivity index (χ0) is 17.1. The van der Waals surface area contributed by atoms with E-state index in [1.54, 1.807) is 0 Å². The van der Waals surface area contributed by atoms with Crippen molar-refractivity contribution in [2.45, 2.75) is 59.3 Å². The van der Waals surface area contributed by atoms with E-state index in [4.69, 9.17) is 4.84 Å². The minimum atomic E-state index is -0.269. The summed E-state index contributed by atoms with van der Waals surface area (Å²) in [6, 6.07) is 6.01. The maximum Gasteiger partial charge on any atom is 0.253 e. The number of hydroxylamine groups is 1. The van der Waals surface area contributed by atoms with Crippen LogP contribution in [0.1, 0.15) is 57.6 Å². The van der Waals surface area contributed by atoms with Crippen LogP contribution in [0, 0.1) is 0 Å². The second kappa shape index (κ2) is 10.8. The van der Waals surface area contributed by atoms with Crippen molar-refractivity contribution in [1.82, 2.24) is 5.48 Å². The number of amides is 2. The van der Waals surface area contributed by atoms with Crippen molar-refractivity contribution in [2.75, 3.05) is 11.9 Å². The quantitative estimate of drug-likeness (QED) is 0.513. The summed E-state index contributed by atoms with van der Waals surface area (Å²) in [5.74, 6) is -0.455. The van der Waals surface area contributed by atoms with Crippen LogP contribution in [0.5, 0.6) is 0 Å². The van der Waals surface area contributed by atoms with Crippen LogP contribution in [0.15, 0.2) is 18.2 Å². The molecule has 0 spiro atoms. The smallest absolute Gasteiger partial charge is 0.253 e. The highest BCUT2D eigenvalue weighted by Crippen LogP contribution is 2.22. The lowest BCUT2D eigenvalue weighted by Crippen LogP contribution is -2.29. The molecule has 0 aliphatic heterocycles. The molecule has 128 valence electrons. The first-order valence-corrected chi connectivity index (χ1v) is 8.43. The zero-order valence-electron chi connectivity index (χ0n) is 14.4. The Bertz CT molecular complexity index is 493. The van der Waals surface area contributed by atoms with Crippen LogP contribution in [0.4, 0.5) is 5.69 Å². The monoisotopic (exact) mass is 320 g/mol. The number of unbranched alkanes of at least 4 members (excludes halogenated alkanes) is 2. The molecule has 0 radical (unpaired) electrons. The molecule has 2 amide bonds. The van der Waals surface area contributed by atoms with Gasteiger partial charge in [-0.1, -0.05) is 51.8 Å². The van der Waals surface area contributed by atoms with Gasteiger partial charge in [-0.15, -0.1) is 0 Å². The predicted molar refractivity (Wildman–Crippen MR) is 92.1 cm³/mol. The Morgan fingerprint density at radius 1 is 1.00 bits per heavy atom. The lowest BCUT2D eigenvalue weighted by atomic mass is 10.0. The molecule has 0 fully saturated rings. The molecule has 0 bridgehead atoms. The molecule has 1 aromatic carbocycles. The molecule has 23 heavy (non-hydrogen) atoms. The SMILES string of the molecule is CCCCCC(=O)NOCC(=O)Nc1c(CC)cccc1CC. The van der Waals surface area contributed by atoms with Gasteiger partial charge in [-0.2, -0.15) is 0 Å². The molecule has 0 aromatic heterocycles. The van der Waals surface area contributed by atoms with Crippen molar-refractivity contribution in [3.63, 3.8) is 0 Å². The fourth-order valence-electron chi connectivity index (χ4n) is 2.35. The van der Waals surface area contributed by atoms with Gasteiger partial charge in [0.05, 0.1) is 0 Å². The number of aryl methyl sites for hydroxylation is 2. The van der Waals surface area contributed by atoms with Gasteiger partial charge in [0, 0.05) is 12.1 Å². The minimum Gasteiger partial charge on any atom is -0.323 e. The first-order valence-electron chi connectivity index (χ1n) is 8.43. The molecule has 0 atom stereocenters. The summed E-state index contributed by atoms with van der Waals surface area (Å²) in [5.41, 5.74) is 5.37. The molecular weight excluding hydrogens is 292 g/mol. The van der Waals surface area contributed by atoms with Gasteiger partial charge >= 0.3 is 0 Å². The maximum absolute atomic E-state index is 12.0. The Balaban J connectivity index is 2.44. The highest BCUT2D eigenvalue weighted by atomic mass is 16.7. The first kappa shape index (κ1) is 19.2. The topological polar surface area (TPSA) is 67.4 Å². The second-order valence-electron chi connectivity index (χ2n) is 5.48. The molecule has 0 unspecified atom stereocenters. The summed E-state index contributed by atoms with van der Waals surface area (Å²) in [7, 11) is 0. The number of anilines is 1. The number of rotatable bonds is 10. The lowest BCUT2D eigenvalue weighted by Gasteiger charge is -2.14. The van der Waals surface area contributed by atoms with Crippen LogP contribution >= 0.6 is 0 Å². The zero-order valence-corrected chi connectivity index (χ0v) is 14.4. The van der Waals surface area contributed by atoms with Gasteiger partial charge in [-0.05, 0) is 30.4 Å². The van der Waals surface area contributed by atoms with E-state index in [0.717, 1.165) is 48.9 Å². The summed E-state index contributed by atoms with van der Waals surface area (Å²) < 4.78 is 0. The van der Waals surface area contributed by atoms with Gasteiger partial charge in [0.2, 0.25) is 5.91 Å². The summed E-state index contributed by atoms with van der Waals surface area (Å²) in [5, 5.41) is 2.89. The number of nitrogens with one attached hydrogen (secondary N) is 2. The molecule has 0 saturated carbocycles. The molecular formula is C18H28N2O3. The molecule has 2 N–H and O–H groups in total. The maximum atomic E-state index is 12.0. The Hall–Kier alpha value is -1.88. The molecule has 1 rings (SSSR count). The van der Waals surface area contributed by atoms with E-state index in [-0.39, 0.29) is 18.4 Å². The van der Waals surface area contributed by atoms with Gasteiger partial charge in [0.25, 0.3) is 5.91 Å². The van der Waals surface area contributed by atoms with Crippen molar-refractivity contribution in [2.24, 2.45) is 0 Å². The van der Waals surface area contributed by atoms with Crippen LogP contribution in [0.25, 0.3) is 0 Å². The van der Waals surface area contributed by atoms with E-state index in [2.05, 4.69) is 31.6 Å². The van der Waals surface area contributed by atoms with Crippen molar-refractivity contribution in [3.8, 4) is 0 Å². The van der Waals surface area contributed by atoms with Crippen LogP contribution < -0.4 is 10.8 Å². The molecule has 0 heterocycles. The van der Waals surface area contributed by atoms with Crippen molar-refractivity contribution < 1.29 is 14.4 Å². The van der Waals surface area contributed by atoms with E-state index in [0.29, 0.717) is 6.42 Å². The Morgan fingerprint density at radius 2 is 1.65 bits per heavy atom. The Kier molecular flexibility index (Phi) is 8.98. The van der Waals surface area contributed by atoms with Crippen molar-refractivity contribution >= 4 is 17.5 Å². The van der Waals surface area contributed by atoms with Gasteiger partial charge in [-0.3, -0.25) is 14.4 Å². The summed E-state index contributed by atoms with van der Waals surface area (Å²) >= 11 is 0. The first-order chi connectivity index (χ1) is 11.1. The average Bonchev–Trinajstić information content (AvgIpc) is 2.55. The fourth-order valence-corrected chi connectivity index (χ4v) is 2.35. The number of benzene rings is 1. The standard InChI is InChI=1S/C18H28N2O3/c1-4-7-8-12-16(21)20-23-13-17(22)19-18-14(5-2)10-9-11-15(18)6-3/h9-11H,4-8,12-13H2,1-3H3,(H,19,22)(H,20,21). The number of carbonyl (C=O) groups excluding carboxylic acids is 2. The molecule has 0 saturated heterocycles. The highest BCUT2D eigenvalue weighted by molar-refractivity contribution is 5.93. The normalized spacial score (nSPS) is 10.4. The molecule has 5 nitrogen and oxygen atoms in total. The van der Waals surface area contributed by atoms with Gasteiger partial charge < -0.3 is 5.32 Å². The van der Waals surface area contributed by atoms with Crippen LogP contribution in [0.3, 0.4) is 0 Å². The molecule has 0 aliphatic rings. The number of hydrogen-bond donors (Lipinski definition) is 2. The van der Waals surface area contributed by atoms with Crippen molar-refractivity contribution in [3.05, 3.63) is 29.3 Å². The highest BCUT2D eigenvalue weighted by Gasteiger charge is 2.10. The third kappa shape index (κ3) is 6.82. The number of para-hydroxylation sites is 1. The van der Waals surface area contributed by atoms with Crippen molar-refractivity contribution in [1.29, 1.82) is 0 Å². The Labute approximate surface area is 138 Å². The van der Waals surface area contributed by atoms with Gasteiger partial charge in [0.15, 0.2) is 6.61 Å². The van der Waals surface area contributed by atoms with Gasteiger partial charge in [0.1, 0.15) is 0 Å². The lowest BCUT2D eigenvalue weighted by molar-refractivity contribution is -0.137. The largest absolute Gasteiger partial charge is 0.323 e. The second-order valence-corrected chi connectivity index (χ2v) is 5.48. The van der Waals surface area contributed by atoms with Gasteiger partial charge in [-0.25, -0.2) is 5.48 Å². The van der Waals surface area contributed by atoms with E-state index >= 15 is 0 Å². The minimum absolute atomic E-state index is 0.186. The molecule has 0 aliphatic carbocycles. The van der Waals surface area contributed by atoms with Crippen LogP contribution in [0.2, 0.25) is 0 Å². The van der Waals surface area contributed by atoms with E-state index in [1.165, 1.54) is 0 Å². The predicted octanol–water partition coefficient (Wildman–Crippen LogP) is 3.38. The average molecular weight is 320 g/mol. The van der Waals surface area contributed by atoms with E-state index < -0.39 is 0 Å². The summed E-state index contributed by atoms with van der Waals surface area (Å²) in [6.45, 7) is 5.99. The molecule has 5 heteroatoms. The summed E-state index contributed by atoms with van der Waals surface area (Å²) in [6.07, 6.45) is 5.03. The molecule has 1 aromatic rings. The third-order valence-corrected chi connectivity index (χ3v) is 3.66. The number of carbonyl (C=O) groups is 2. The fraction of sp³-hybridized carbons (Fsp3) is 0.556. The third-order valence-electron chi connectivity index (χ3n) is 3.66. The van der Waals surface area contributed by atoms with Crippen LogP contribution in [-0.2, 0) is 27.3 Å². The number of hydrogen-bond acceptors (Lipinski definition) is 3. The van der Waals surface area contributed by atoms with Crippen LogP contribution in [-0.4, -0.2) is 18.4 Å². The van der Waals surface area contributed by atoms with E-state index in [9.17, 15) is 9.59 Å².